The number of halogens is 1. The Morgan fingerprint density at radius 2 is 1.81 bits per heavy atom. The first-order chi connectivity index (χ1) is 10.0. The summed E-state index contributed by atoms with van der Waals surface area (Å²) in [7, 11) is 1.46. The maximum atomic E-state index is 11.3. The fourth-order valence-electron chi connectivity index (χ4n) is 1.95. The lowest BCUT2D eigenvalue weighted by atomic mass is 9.97. The summed E-state index contributed by atoms with van der Waals surface area (Å²) in [5.41, 5.74) is 7.38. The molecule has 0 spiro atoms. The molecule has 0 aliphatic heterocycles. The number of ether oxygens (including phenoxy) is 1. The standard InChI is InChI=1S/C16H14ClNO3/c1-21-15-8-11(4-7-14(15)19)13(9-16(18)20)10-2-5-12(17)6-3-10/h2-9,19H,1H3,(H2,18,20). The van der Waals surface area contributed by atoms with Gasteiger partial charge in [-0.05, 0) is 41.0 Å². The summed E-state index contributed by atoms with van der Waals surface area (Å²) in [6.45, 7) is 0. The Bertz CT molecular complexity index is 693. The Morgan fingerprint density at radius 1 is 1.19 bits per heavy atom. The van der Waals surface area contributed by atoms with E-state index in [1.165, 1.54) is 19.3 Å². The number of amides is 1. The number of carbonyl (C=O) groups excluding carboxylic acids is 1. The van der Waals surface area contributed by atoms with E-state index in [9.17, 15) is 9.90 Å². The number of hydrogen-bond donors (Lipinski definition) is 2. The van der Waals surface area contributed by atoms with Gasteiger partial charge in [-0.25, -0.2) is 0 Å². The van der Waals surface area contributed by atoms with Gasteiger partial charge in [0.1, 0.15) is 0 Å². The molecule has 0 bridgehead atoms. The van der Waals surface area contributed by atoms with Crippen molar-refractivity contribution in [2.24, 2.45) is 5.73 Å². The van der Waals surface area contributed by atoms with Gasteiger partial charge < -0.3 is 15.6 Å². The van der Waals surface area contributed by atoms with E-state index >= 15 is 0 Å². The normalized spacial score (nSPS) is 11.2. The second-order valence-corrected chi connectivity index (χ2v) is 4.79. The molecular weight excluding hydrogens is 290 g/mol. The summed E-state index contributed by atoms with van der Waals surface area (Å²) >= 11 is 5.87. The Morgan fingerprint density at radius 3 is 2.38 bits per heavy atom. The summed E-state index contributed by atoms with van der Waals surface area (Å²) in [6.07, 6.45) is 1.33. The van der Waals surface area contributed by atoms with E-state index in [0.29, 0.717) is 21.9 Å². The molecule has 0 fully saturated rings. The molecule has 4 nitrogen and oxygen atoms in total. The van der Waals surface area contributed by atoms with Gasteiger partial charge in [-0.1, -0.05) is 29.8 Å². The second kappa shape index (κ2) is 6.33. The molecule has 0 saturated heterocycles. The predicted molar refractivity (Wildman–Crippen MR) is 82.4 cm³/mol. The molecule has 0 atom stereocenters. The van der Waals surface area contributed by atoms with Gasteiger partial charge in [0.05, 0.1) is 7.11 Å². The lowest BCUT2D eigenvalue weighted by molar-refractivity contribution is -0.113. The van der Waals surface area contributed by atoms with Gasteiger partial charge in [-0.2, -0.15) is 0 Å². The highest BCUT2D eigenvalue weighted by molar-refractivity contribution is 6.30. The van der Waals surface area contributed by atoms with Crippen molar-refractivity contribution in [1.29, 1.82) is 0 Å². The minimum Gasteiger partial charge on any atom is -0.504 e. The fourth-order valence-corrected chi connectivity index (χ4v) is 2.08. The maximum Gasteiger partial charge on any atom is 0.242 e. The van der Waals surface area contributed by atoms with Gasteiger partial charge in [0.2, 0.25) is 5.91 Å². The Balaban J connectivity index is 2.56. The van der Waals surface area contributed by atoms with Crippen molar-refractivity contribution >= 4 is 23.1 Å². The van der Waals surface area contributed by atoms with Crippen molar-refractivity contribution in [1.82, 2.24) is 0 Å². The zero-order valence-corrected chi connectivity index (χ0v) is 12.1. The lowest BCUT2D eigenvalue weighted by Crippen LogP contribution is -2.07. The van der Waals surface area contributed by atoms with E-state index in [1.54, 1.807) is 36.4 Å². The van der Waals surface area contributed by atoms with E-state index in [1.807, 2.05) is 0 Å². The fraction of sp³-hybridized carbons (Fsp3) is 0.0625. The highest BCUT2D eigenvalue weighted by atomic mass is 35.5. The number of phenols is 1. The summed E-state index contributed by atoms with van der Waals surface area (Å²) in [5, 5.41) is 10.2. The molecule has 0 unspecified atom stereocenters. The molecule has 3 N–H and O–H groups in total. The van der Waals surface area contributed by atoms with Crippen LogP contribution in [0.2, 0.25) is 5.02 Å². The van der Waals surface area contributed by atoms with Crippen molar-refractivity contribution in [3.05, 3.63) is 64.7 Å². The van der Waals surface area contributed by atoms with Crippen LogP contribution in [0, 0.1) is 0 Å². The van der Waals surface area contributed by atoms with E-state index < -0.39 is 5.91 Å². The van der Waals surface area contributed by atoms with Gasteiger partial charge >= 0.3 is 0 Å². The van der Waals surface area contributed by atoms with Crippen LogP contribution in [0.25, 0.3) is 5.57 Å². The third kappa shape index (κ3) is 3.55. The molecule has 108 valence electrons. The van der Waals surface area contributed by atoms with Crippen LogP contribution in [-0.2, 0) is 4.79 Å². The van der Waals surface area contributed by atoms with Crippen LogP contribution in [0.5, 0.6) is 11.5 Å². The number of benzene rings is 2. The summed E-state index contributed by atoms with van der Waals surface area (Å²) < 4.78 is 5.08. The van der Waals surface area contributed by atoms with E-state index in [-0.39, 0.29) is 5.75 Å². The van der Waals surface area contributed by atoms with Crippen LogP contribution in [0.3, 0.4) is 0 Å². The van der Waals surface area contributed by atoms with Gasteiger partial charge in [-0.15, -0.1) is 0 Å². The van der Waals surface area contributed by atoms with E-state index in [2.05, 4.69) is 0 Å². The van der Waals surface area contributed by atoms with Gasteiger partial charge in [0, 0.05) is 11.1 Å². The highest BCUT2D eigenvalue weighted by Gasteiger charge is 2.10. The quantitative estimate of drug-likeness (QED) is 0.853. The number of methoxy groups -OCH3 is 1. The monoisotopic (exact) mass is 303 g/mol. The van der Waals surface area contributed by atoms with Crippen LogP contribution >= 0.6 is 11.6 Å². The molecule has 1 amide bonds. The number of primary amides is 1. The van der Waals surface area contributed by atoms with Gasteiger partial charge in [-0.3, -0.25) is 4.79 Å². The topological polar surface area (TPSA) is 72.5 Å². The van der Waals surface area contributed by atoms with Crippen molar-refractivity contribution in [3.8, 4) is 11.5 Å². The molecule has 2 aromatic carbocycles. The summed E-state index contributed by atoms with van der Waals surface area (Å²) in [6, 6.07) is 11.8. The highest BCUT2D eigenvalue weighted by Crippen LogP contribution is 2.32. The SMILES string of the molecule is COc1cc(C(=CC(N)=O)c2ccc(Cl)cc2)ccc1O. The largest absolute Gasteiger partial charge is 0.504 e. The number of carbonyl (C=O) groups is 1. The number of rotatable bonds is 4. The summed E-state index contributed by atoms with van der Waals surface area (Å²) in [5.74, 6) is -0.223. The van der Waals surface area contributed by atoms with Gasteiger partial charge in [0.25, 0.3) is 0 Å². The van der Waals surface area contributed by atoms with Crippen molar-refractivity contribution in [2.75, 3.05) is 7.11 Å². The molecule has 2 aromatic rings. The lowest BCUT2D eigenvalue weighted by Gasteiger charge is -2.11. The molecular formula is C16H14ClNO3. The first-order valence-corrected chi connectivity index (χ1v) is 6.53. The molecule has 5 heteroatoms. The van der Waals surface area contributed by atoms with E-state index in [0.717, 1.165) is 5.56 Å². The Labute approximate surface area is 127 Å². The molecule has 21 heavy (non-hydrogen) atoms. The number of phenolic OH excluding ortho intramolecular Hbond substituents is 1. The minimum absolute atomic E-state index is 0.0239. The van der Waals surface area contributed by atoms with Crippen molar-refractivity contribution in [2.45, 2.75) is 0 Å². The third-order valence-corrected chi connectivity index (χ3v) is 3.18. The molecule has 0 heterocycles. The zero-order valence-electron chi connectivity index (χ0n) is 11.3. The zero-order chi connectivity index (χ0) is 15.4. The number of hydrogen-bond acceptors (Lipinski definition) is 3. The number of nitrogens with two attached hydrogens (primary N) is 1. The molecule has 0 saturated carbocycles. The summed E-state index contributed by atoms with van der Waals surface area (Å²) in [4.78, 5) is 11.3. The van der Waals surface area contributed by atoms with E-state index in [4.69, 9.17) is 22.1 Å². The third-order valence-electron chi connectivity index (χ3n) is 2.93. The van der Waals surface area contributed by atoms with Crippen LogP contribution in [-0.4, -0.2) is 18.1 Å². The maximum absolute atomic E-state index is 11.3. The van der Waals surface area contributed by atoms with Crippen LogP contribution in [0.15, 0.2) is 48.5 Å². The van der Waals surface area contributed by atoms with Crippen molar-refractivity contribution < 1.29 is 14.6 Å². The van der Waals surface area contributed by atoms with Crippen LogP contribution in [0.1, 0.15) is 11.1 Å². The second-order valence-electron chi connectivity index (χ2n) is 4.35. The average Bonchev–Trinajstić information content (AvgIpc) is 2.46. The van der Waals surface area contributed by atoms with Crippen LogP contribution in [0.4, 0.5) is 0 Å². The van der Waals surface area contributed by atoms with Crippen LogP contribution < -0.4 is 10.5 Å². The molecule has 0 aromatic heterocycles. The van der Waals surface area contributed by atoms with Gasteiger partial charge in [0.15, 0.2) is 11.5 Å². The molecule has 0 radical (unpaired) electrons. The molecule has 2 rings (SSSR count). The minimum atomic E-state index is -0.563. The first kappa shape index (κ1) is 14.9. The van der Waals surface area contributed by atoms with Crippen molar-refractivity contribution in [3.63, 3.8) is 0 Å². The number of aromatic hydroxyl groups is 1. The Kier molecular flexibility index (Phi) is 4.50. The average molecular weight is 304 g/mol. The predicted octanol–water partition coefficient (Wildman–Crippen LogP) is 2.97. The Hall–Kier alpha value is -2.46. The smallest absolute Gasteiger partial charge is 0.242 e. The molecule has 0 aliphatic carbocycles. The molecule has 0 aliphatic rings. The first-order valence-electron chi connectivity index (χ1n) is 6.15.